The van der Waals surface area contributed by atoms with Crippen LogP contribution < -0.4 is 5.32 Å². The van der Waals surface area contributed by atoms with E-state index in [0.29, 0.717) is 5.41 Å². The van der Waals surface area contributed by atoms with Crippen LogP contribution >= 0.6 is 15.9 Å². The molecule has 1 saturated heterocycles. The Morgan fingerprint density at radius 1 is 1.39 bits per heavy atom. The van der Waals surface area contributed by atoms with Crippen LogP contribution in [0.25, 0.3) is 0 Å². The normalized spacial score (nSPS) is 30.7. The van der Waals surface area contributed by atoms with Crippen molar-refractivity contribution in [3.8, 4) is 0 Å². The van der Waals surface area contributed by atoms with Gasteiger partial charge in [-0.3, -0.25) is 0 Å². The Labute approximate surface area is 145 Å². The molecule has 1 aliphatic heterocycles. The first-order valence-electron chi connectivity index (χ1n) is 8.10. The van der Waals surface area contributed by atoms with Gasteiger partial charge in [-0.1, -0.05) is 0 Å². The van der Waals surface area contributed by atoms with Crippen LogP contribution in [0.3, 0.4) is 0 Å². The first-order chi connectivity index (χ1) is 11.0. The van der Waals surface area contributed by atoms with Gasteiger partial charge in [0.05, 0.1) is 7.11 Å². The number of rotatable bonds is 4. The summed E-state index contributed by atoms with van der Waals surface area (Å²) in [5.41, 5.74) is -0.122. The fourth-order valence-corrected chi connectivity index (χ4v) is 4.42. The Bertz CT molecular complexity index is 571. The van der Waals surface area contributed by atoms with Crippen LogP contribution in [-0.2, 0) is 26.9 Å². The summed E-state index contributed by atoms with van der Waals surface area (Å²) < 4.78 is 13.6. The van der Waals surface area contributed by atoms with Crippen molar-refractivity contribution < 1.29 is 14.3 Å². The molecule has 0 radical (unpaired) electrons. The number of aryl methyl sites for hydroxylation is 1. The lowest BCUT2D eigenvalue weighted by atomic mass is 9.68. The summed E-state index contributed by atoms with van der Waals surface area (Å²) in [4.78, 5) is 16.2. The van der Waals surface area contributed by atoms with Gasteiger partial charge in [-0.2, -0.15) is 0 Å². The molecule has 1 aromatic heterocycles. The lowest BCUT2D eigenvalue weighted by molar-refractivity contribution is -0.160. The third-order valence-corrected chi connectivity index (χ3v) is 5.78. The molecule has 1 spiro atoms. The van der Waals surface area contributed by atoms with Crippen LogP contribution in [-0.4, -0.2) is 42.3 Å². The Balaban J connectivity index is 1.83. The standard InChI is InChI=1S/C16H24BrN3O3/c1-20-9-12(17)19-14(20)16(23-10-13(21)22-2)5-3-15(4-6-16)7-8-18-11-15/h9,18H,3-8,10-11H2,1-2H3. The molecule has 0 atom stereocenters. The van der Waals surface area contributed by atoms with Crippen molar-refractivity contribution in [3.63, 3.8) is 0 Å². The first-order valence-corrected chi connectivity index (χ1v) is 8.89. The molecule has 2 fully saturated rings. The summed E-state index contributed by atoms with van der Waals surface area (Å²) in [5, 5.41) is 3.48. The lowest BCUT2D eigenvalue weighted by Gasteiger charge is -2.43. The molecule has 1 saturated carbocycles. The highest BCUT2D eigenvalue weighted by Crippen LogP contribution is 2.50. The molecule has 6 nitrogen and oxygen atoms in total. The maximum absolute atomic E-state index is 11.6. The van der Waals surface area contributed by atoms with Crippen molar-refractivity contribution in [1.82, 2.24) is 14.9 Å². The quantitative estimate of drug-likeness (QED) is 0.804. The summed E-state index contributed by atoms with van der Waals surface area (Å²) >= 11 is 3.44. The predicted octanol–water partition coefficient (Wildman–Crippen LogP) is 2.12. The number of halogens is 1. The minimum atomic E-state index is -0.511. The highest BCUT2D eigenvalue weighted by Gasteiger charge is 2.47. The minimum absolute atomic E-state index is 0.0355. The summed E-state index contributed by atoms with van der Waals surface area (Å²) in [7, 11) is 3.35. The van der Waals surface area contributed by atoms with E-state index in [9.17, 15) is 4.79 Å². The largest absolute Gasteiger partial charge is 0.467 e. The number of nitrogens with zero attached hydrogens (tertiary/aromatic N) is 2. The van der Waals surface area contributed by atoms with Gasteiger partial charge in [0.1, 0.15) is 22.6 Å². The van der Waals surface area contributed by atoms with Crippen LogP contribution in [0, 0.1) is 5.41 Å². The van der Waals surface area contributed by atoms with E-state index in [1.807, 2.05) is 17.8 Å². The van der Waals surface area contributed by atoms with Gasteiger partial charge in [-0.15, -0.1) is 0 Å². The van der Waals surface area contributed by atoms with Crippen LogP contribution in [0.1, 0.15) is 37.9 Å². The maximum atomic E-state index is 11.6. The molecule has 1 aliphatic carbocycles. The second kappa shape index (κ2) is 6.53. The number of esters is 1. The van der Waals surface area contributed by atoms with E-state index in [-0.39, 0.29) is 12.6 Å². The molecule has 0 bridgehead atoms. The molecule has 2 heterocycles. The third kappa shape index (κ3) is 3.32. The molecule has 23 heavy (non-hydrogen) atoms. The lowest BCUT2D eigenvalue weighted by Crippen LogP contribution is -2.42. The Morgan fingerprint density at radius 3 is 2.65 bits per heavy atom. The number of aromatic nitrogens is 2. The van der Waals surface area contributed by atoms with Gasteiger partial charge in [0, 0.05) is 19.8 Å². The molecular formula is C16H24BrN3O3. The van der Waals surface area contributed by atoms with Gasteiger partial charge in [-0.25, -0.2) is 9.78 Å². The second-order valence-corrected chi connectivity index (χ2v) is 7.60. The molecule has 128 valence electrons. The molecule has 0 aromatic carbocycles. The third-order valence-electron chi connectivity index (χ3n) is 5.40. The minimum Gasteiger partial charge on any atom is -0.467 e. The smallest absolute Gasteiger partial charge is 0.331 e. The molecule has 1 aromatic rings. The van der Waals surface area contributed by atoms with Crippen LogP contribution in [0.4, 0.5) is 0 Å². The van der Waals surface area contributed by atoms with Gasteiger partial charge < -0.3 is 19.4 Å². The SMILES string of the molecule is COC(=O)COC1(c2nc(Br)cn2C)CCC2(CCNC2)CC1. The van der Waals surface area contributed by atoms with Crippen molar-refractivity contribution in [2.75, 3.05) is 26.8 Å². The molecule has 7 heteroatoms. The number of hydrogen-bond donors (Lipinski definition) is 1. The first kappa shape index (κ1) is 16.9. The Hall–Kier alpha value is -0.920. The zero-order valence-corrected chi connectivity index (χ0v) is 15.3. The number of hydrogen-bond acceptors (Lipinski definition) is 5. The second-order valence-electron chi connectivity index (χ2n) is 6.78. The maximum Gasteiger partial charge on any atom is 0.331 e. The van der Waals surface area contributed by atoms with Crippen molar-refractivity contribution in [2.24, 2.45) is 12.5 Å². The van der Waals surface area contributed by atoms with E-state index < -0.39 is 5.60 Å². The van der Waals surface area contributed by atoms with Gasteiger partial charge >= 0.3 is 5.97 Å². The van der Waals surface area contributed by atoms with Crippen LogP contribution in [0.5, 0.6) is 0 Å². The van der Waals surface area contributed by atoms with Gasteiger partial charge in [-0.05, 0) is 60.0 Å². The fourth-order valence-electron chi connectivity index (χ4n) is 3.95. The van der Waals surface area contributed by atoms with E-state index in [4.69, 9.17) is 9.47 Å². The molecule has 3 rings (SSSR count). The zero-order valence-electron chi connectivity index (χ0n) is 13.7. The van der Waals surface area contributed by atoms with Crippen molar-refractivity contribution in [3.05, 3.63) is 16.6 Å². The predicted molar refractivity (Wildman–Crippen MR) is 88.9 cm³/mol. The number of ether oxygens (including phenoxy) is 2. The van der Waals surface area contributed by atoms with Crippen LogP contribution in [0.2, 0.25) is 0 Å². The van der Waals surface area contributed by atoms with Gasteiger partial charge in [0.2, 0.25) is 0 Å². The van der Waals surface area contributed by atoms with E-state index in [1.54, 1.807) is 0 Å². The molecule has 0 unspecified atom stereocenters. The van der Waals surface area contributed by atoms with E-state index in [2.05, 4.69) is 26.2 Å². The van der Waals surface area contributed by atoms with Crippen molar-refractivity contribution in [2.45, 2.75) is 37.7 Å². The average molecular weight is 386 g/mol. The highest BCUT2D eigenvalue weighted by molar-refractivity contribution is 9.10. The number of methoxy groups -OCH3 is 1. The highest BCUT2D eigenvalue weighted by atomic mass is 79.9. The summed E-state index contributed by atoms with van der Waals surface area (Å²) in [6, 6.07) is 0. The molecule has 1 N–H and O–H groups in total. The average Bonchev–Trinajstić information content (AvgIpc) is 3.14. The Kier molecular flexibility index (Phi) is 4.80. The fraction of sp³-hybridized carbons (Fsp3) is 0.750. The topological polar surface area (TPSA) is 65.4 Å². The number of nitrogens with one attached hydrogen (secondary N) is 1. The zero-order chi connectivity index (χ0) is 16.5. The molecular weight excluding hydrogens is 362 g/mol. The van der Waals surface area contributed by atoms with Crippen LogP contribution in [0.15, 0.2) is 10.8 Å². The Morgan fingerprint density at radius 2 is 2.13 bits per heavy atom. The van der Waals surface area contributed by atoms with Gasteiger partial charge in [0.25, 0.3) is 0 Å². The summed E-state index contributed by atoms with van der Waals surface area (Å²) in [6.07, 6.45) is 7.09. The van der Waals surface area contributed by atoms with E-state index in [1.165, 1.54) is 13.5 Å². The molecule has 2 aliphatic rings. The van der Waals surface area contributed by atoms with E-state index in [0.717, 1.165) is 49.2 Å². The van der Waals surface area contributed by atoms with E-state index >= 15 is 0 Å². The number of imidazole rings is 1. The number of carbonyl (C=O) groups excluding carboxylic acids is 1. The molecule has 0 amide bonds. The number of carbonyl (C=O) groups is 1. The van der Waals surface area contributed by atoms with Crippen molar-refractivity contribution >= 4 is 21.9 Å². The van der Waals surface area contributed by atoms with Crippen molar-refractivity contribution in [1.29, 1.82) is 0 Å². The summed E-state index contributed by atoms with van der Waals surface area (Å²) in [5.74, 6) is 0.537. The monoisotopic (exact) mass is 385 g/mol. The summed E-state index contributed by atoms with van der Waals surface area (Å²) in [6.45, 7) is 2.15. The van der Waals surface area contributed by atoms with Gasteiger partial charge in [0.15, 0.2) is 0 Å².